The average Bonchev–Trinajstić information content (AvgIpc) is 3.35. The molecule has 6 N–H and O–H groups in total. The Morgan fingerprint density at radius 2 is 2.00 bits per heavy atom. The number of nitrogens with one attached hydrogen (secondary N) is 4. The number of anilines is 1. The zero-order chi connectivity index (χ0) is 19.9. The van der Waals surface area contributed by atoms with E-state index < -0.39 is 0 Å². The van der Waals surface area contributed by atoms with Gasteiger partial charge in [0, 0.05) is 36.0 Å². The normalized spacial score (nSPS) is 14.2. The summed E-state index contributed by atoms with van der Waals surface area (Å²) in [6, 6.07) is 7.23. The highest BCUT2D eigenvalue weighted by Crippen LogP contribution is 2.20. The molecule has 0 spiro atoms. The van der Waals surface area contributed by atoms with Crippen molar-refractivity contribution in [1.29, 1.82) is 0 Å². The molecule has 1 aromatic heterocycles. The van der Waals surface area contributed by atoms with Gasteiger partial charge < -0.3 is 21.7 Å². The molecule has 28 heavy (non-hydrogen) atoms. The second-order valence-electron chi connectivity index (χ2n) is 6.63. The van der Waals surface area contributed by atoms with Crippen LogP contribution >= 0.6 is 0 Å². The maximum absolute atomic E-state index is 12.4. The number of aromatic amines is 1. The van der Waals surface area contributed by atoms with Gasteiger partial charge in [-0.3, -0.25) is 14.7 Å². The molecule has 1 fully saturated rings. The number of nitrogens with two attached hydrogens (primary N) is 1. The summed E-state index contributed by atoms with van der Waals surface area (Å²) in [5.41, 5.74) is 8.19. The summed E-state index contributed by atoms with van der Waals surface area (Å²) in [4.78, 5) is 28.4. The van der Waals surface area contributed by atoms with Gasteiger partial charge in [0.25, 0.3) is 11.8 Å². The monoisotopic (exact) mass is 383 g/mol. The number of carbonyl (C=O) groups is 2. The third kappa shape index (κ3) is 5.32. The van der Waals surface area contributed by atoms with Crippen molar-refractivity contribution in [3.63, 3.8) is 0 Å². The lowest BCUT2D eigenvalue weighted by Gasteiger charge is -2.15. The fourth-order valence-electron chi connectivity index (χ4n) is 2.63. The summed E-state index contributed by atoms with van der Waals surface area (Å²) in [5, 5.41) is 15.5. The van der Waals surface area contributed by atoms with Crippen molar-refractivity contribution < 1.29 is 9.59 Å². The van der Waals surface area contributed by atoms with Gasteiger partial charge >= 0.3 is 0 Å². The van der Waals surface area contributed by atoms with Crippen LogP contribution in [0, 0.1) is 0 Å². The van der Waals surface area contributed by atoms with E-state index in [0.29, 0.717) is 36.5 Å². The van der Waals surface area contributed by atoms with Crippen molar-refractivity contribution in [2.45, 2.75) is 38.6 Å². The molecule has 0 radical (unpaired) electrons. The Morgan fingerprint density at radius 3 is 2.61 bits per heavy atom. The molecule has 3 rings (SSSR count). The lowest BCUT2D eigenvalue weighted by atomic mass is 10.1. The summed E-state index contributed by atoms with van der Waals surface area (Å²) in [5.74, 6) is 0.307. The fourth-order valence-corrected chi connectivity index (χ4v) is 2.63. The zero-order valence-corrected chi connectivity index (χ0v) is 15.8. The Labute approximate surface area is 163 Å². The quantitative estimate of drug-likeness (QED) is 0.410. The molecule has 9 nitrogen and oxygen atoms in total. The first-order valence-electron chi connectivity index (χ1n) is 9.35. The molecule has 0 atom stereocenters. The summed E-state index contributed by atoms with van der Waals surface area (Å²) in [6.45, 7) is 2.44. The Morgan fingerprint density at radius 1 is 1.25 bits per heavy atom. The van der Waals surface area contributed by atoms with Crippen molar-refractivity contribution in [2.75, 3.05) is 11.9 Å². The van der Waals surface area contributed by atoms with E-state index in [9.17, 15) is 9.59 Å². The van der Waals surface area contributed by atoms with Crippen LogP contribution < -0.4 is 21.7 Å². The predicted octanol–water partition coefficient (Wildman–Crippen LogP) is 1.05. The van der Waals surface area contributed by atoms with E-state index in [1.54, 1.807) is 24.3 Å². The number of aryl methyl sites for hydroxylation is 1. The lowest BCUT2D eigenvalue weighted by molar-refractivity contribution is -0.117. The van der Waals surface area contributed by atoms with Crippen LogP contribution in [0.3, 0.4) is 0 Å². The summed E-state index contributed by atoms with van der Waals surface area (Å²) < 4.78 is 0. The lowest BCUT2D eigenvalue weighted by Crippen LogP contribution is -2.32. The summed E-state index contributed by atoms with van der Waals surface area (Å²) in [6.07, 6.45) is 4.45. The van der Waals surface area contributed by atoms with Gasteiger partial charge in [-0.15, -0.1) is 0 Å². The van der Waals surface area contributed by atoms with E-state index in [4.69, 9.17) is 5.73 Å². The van der Waals surface area contributed by atoms with E-state index in [2.05, 4.69) is 31.1 Å². The molecule has 2 aromatic rings. The van der Waals surface area contributed by atoms with Crippen LogP contribution in [0.4, 0.5) is 5.69 Å². The molecule has 1 aliphatic rings. The van der Waals surface area contributed by atoms with Gasteiger partial charge in [0.1, 0.15) is 17.8 Å². The van der Waals surface area contributed by atoms with Gasteiger partial charge in [-0.1, -0.05) is 0 Å². The van der Waals surface area contributed by atoms with Crippen molar-refractivity contribution in [3.8, 4) is 0 Å². The molecule has 0 aliphatic heterocycles. The van der Waals surface area contributed by atoms with Crippen molar-refractivity contribution in [3.05, 3.63) is 53.4 Å². The number of allylic oxidation sites excluding steroid dienone is 1. The van der Waals surface area contributed by atoms with Gasteiger partial charge in [0.2, 0.25) is 0 Å². The first-order valence-corrected chi connectivity index (χ1v) is 9.35. The largest absolute Gasteiger partial charge is 0.393 e. The average molecular weight is 383 g/mol. The summed E-state index contributed by atoms with van der Waals surface area (Å²) >= 11 is 0. The van der Waals surface area contributed by atoms with Crippen LogP contribution in [-0.2, 0) is 11.2 Å². The van der Waals surface area contributed by atoms with Crippen LogP contribution in [0.25, 0.3) is 0 Å². The van der Waals surface area contributed by atoms with Crippen LogP contribution in [0.2, 0.25) is 0 Å². The van der Waals surface area contributed by atoms with Gasteiger partial charge in [-0.25, -0.2) is 4.98 Å². The molecule has 0 bridgehead atoms. The first-order chi connectivity index (χ1) is 13.6. The van der Waals surface area contributed by atoms with Crippen molar-refractivity contribution in [2.24, 2.45) is 5.73 Å². The van der Waals surface area contributed by atoms with Gasteiger partial charge in [0.15, 0.2) is 0 Å². The predicted molar refractivity (Wildman–Crippen MR) is 105 cm³/mol. The Balaban J connectivity index is 1.73. The second-order valence-corrected chi connectivity index (χ2v) is 6.63. The minimum Gasteiger partial charge on any atom is -0.393 e. The molecule has 148 valence electrons. The topological polar surface area (TPSA) is 138 Å². The highest BCUT2D eigenvalue weighted by molar-refractivity contribution is 5.95. The third-order valence-electron chi connectivity index (χ3n) is 4.34. The van der Waals surface area contributed by atoms with Gasteiger partial charge in [-0.05, 0) is 50.5 Å². The number of benzene rings is 1. The van der Waals surface area contributed by atoms with Crippen molar-refractivity contribution >= 4 is 17.5 Å². The molecule has 0 saturated heterocycles. The van der Waals surface area contributed by atoms with Gasteiger partial charge in [-0.2, -0.15) is 5.10 Å². The van der Waals surface area contributed by atoms with E-state index in [1.165, 1.54) is 6.33 Å². The standard InChI is InChI=1S/C19H25N7O2/c1-2-21-18(27)12-3-5-13(6-4-12)24-15(9-10-16-22-11-23-26-16)17(20)19(28)25-14-7-8-14/h3-6,11,14,24H,2,7-10,20H2,1H3,(H,21,27)(H,25,28)(H,22,23,26)/b17-15-. The highest BCUT2D eigenvalue weighted by Gasteiger charge is 2.25. The zero-order valence-electron chi connectivity index (χ0n) is 15.8. The molecular formula is C19H25N7O2. The number of hydrogen-bond donors (Lipinski definition) is 5. The maximum atomic E-state index is 12.4. The fraction of sp³-hybridized carbons (Fsp3) is 0.368. The van der Waals surface area contributed by atoms with E-state index in [0.717, 1.165) is 18.5 Å². The molecule has 0 unspecified atom stereocenters. The third-order valence-corrected chi connectivity index (χ3v) is 4.34. The highest BCUT2D eigenvalue weighted by atomic mass is 16.2. The molecule has 2 amide bonds. The van der Waals surface area contributed by atoms with Crippen LogP contribution in [0.5, 0.6) is 0 Å². The molecular weight excluding hydrogens is 358 g/mol. The van der Waals surface area contributed by atoms with Crippen LogP contribution in [0.1, 0.15) is 42.4 Å². The molecule has 1 saturated carbocycles. The number of nitrogens with zero attached hydrogens (tertiary/aromatic N) is 2. The molecule has 1 aromatic carbocycles. The molecule has 1 heterocycles. The van der Waals surface area contributed by atoms with E-state index in [1.807, 2.05) is 6.92 Å². The summed E-state index contributed by atoms with van der Waals surface area (Å²) in [7, 11) is 0. The number of rotatable bonds is 9. The second kappa shape index (κ2) is 9.03. The molecule has 9 heteroatoms. The Bertz CT molecular complexity index is 840. The Kier molecular flexibility index (Phi) is 6.25. The number of hydrogen-bond acceptors (Lipinski definition) is 6. The van der Waals surface area contributed by atoms with E-state index >= 15 is 0 Å². The van der Waals surface area contributed by atoms with E-state index in [-0.39, 0.29) is 23.6 Å². The SMILES string of the molecule is CCNC(=O)c1ccc(N/C(CCc2ncn[nH]2)=C(\N)C(=O)NC2CC2)cc1. The van der Waals surface area contributed by atoms with Crippen molar-refractivity contribution in [1.82, 2.24) is 25.8 Å². The number of H-pyrrole nitrogens is 1. The minimum atomic E-state index is -0.276. The molecule has 1 aliphatic carbocycles. The number of carbonyl (C=O) groups excluding carboxylic acids is 2. The number of aromatic nitrogens is 3. The minimum absolute atomic E-state index is 0.126. The van der Waals surface area contributed by atoms with Crippen LogP contribution in [-0.4, -0.2) is 39.6 Å². The van der Waals surface area contributed by atoms with Crippen LogP contribution in [0.15, 0.2) is 42.0 Å². The Hall–Kier alpha value is -3.36. The number of amides is 2. The van der Waals surface area contributed by atoms with Gasteiger partial charge in [0.05, 0.1) is 0 Å². The first kappa shape index (κ1) is 19.4. The smallest absolute Gasteiger partial charge is 0.269 e. The maximum Gasteiger partial charge on any atom is 0.269 e.